The van der Waals surface area contributed by atoms with E-state index in [0.717, 1.165) is 0 Å². The molecule has 0 fully saturated rings. The molecule has 0 amide bonds. The van der Waals surface area contributed by atoms with Gasteiger partial charge in [0.05, 0.1) is 38.2 Å². The molecule has 0 spiro atoms. The summed E-state index contributed by atoms with van der Waals surface area (Å²) >= 11 is 0. The van der Waals surface area contributed by atoms with Crippen LogP contribution in [0.4, 0.5) is 0 Å². The molecular formula is C10H17N2O4P. The highest BCUT2D eigenvalue weighted by Crippen LogP contribution is 2.53. The molecule has 0 heterocycles. The molecule has 0 aliphatic rings. The van der Waals surface area contributed by atoms with Crippen LogP contribution in [-0.2, 0) is 18.3 Å². The Labute approximate surface area is 102 Å². The minimum Gasteiger partial charge on any atom is -0.366 e. The van der Waals surface area contributed by atoms with E-state index in [1.165, 1.54) is 0 Å². The van der Waals surface area contributed by atoms with E-state index in [1.54, 1.807) is 13.8 Å². The van der Waals surface area contributed by atoms with E-state index in [2.05, 4.69) is 0 Å². The largest absolute Gasteiger partial charge is 0.366 e. The Morgan fingerprint density at radius 2 is 1.65 bits per heavy atom. The number of nitriles is 2. The third kappa shape index (κ3) is 6.41. The lowest BCUT2D eigenvalue weighted by Gasteiger charge is -2.23. The Balaban J connectivity index is 4.41. The number of rotatable bonds is 9. The van der Waals surface area contributed by atoms with Crippen molar-refractivity contribution in [2.45, 2.75) is 32.5 Å². The van der Waals surface area contributed by atoms with Crippen molar-refractivity contribution in [1.82, 2.24) is 0 Å². The van der Waals surface area contributed by atoms with Gasteiger partial charge in [-0.25, -0.2) is 0 Å². The van der Waals surface area contributed by atoms with Crippen LogP contribution in [0.15, 0.2) is 0 Å². The van der Waals surface area contributed by atoms with Crippen molar-refractivity contribution in [3.63, 3.8) is 0 Å². The van der Waals surface area contributed by atoms with Crippen molar-refractivity contribution >= 4 is 7.60 Å². The minimum absolute atomic E-state index is 0.0255. The third-order valence-electron chi connectivity index (χ3n) is 1.82. The Bertz CT molecular complexity index is 310. The molecule has 0 aliphatic heterocycles. The summed E-state index contributed by atoms with van der Waals surface area (Å²) in [5.74, 6) is -0.704. The van der Waals surface area contributed by atoms with Gasteiger partial charge in [0.2, 0.25) is 0 Å². The Kier molecular flexibility index (Phi) is 8.66. The van der Waals surface area contributed by atoms with Gasteiger partial charge < -0.3 is 13.8 Å². The topological polar surface area (TPSA) is 92.3 Å². The zero-order chi connectivity index (χ0) is 13.1. The summed E-state index contributed by atoms with van der Waals surface area (Å²) in [7, 11) is -3.41. The molecule has 0 aromatic rings. The minimum atomic E-state index is -3.41. The summed E-state index contributed by atoms with van der Waals surface area (Å²) in [4.78, 5) is 0. The first kappa shape index (κ1) is 16.1. The lowest BCUT2D eigenvalue weighted by atomic mass is 10.5. The zero-order valence-electron chi connectivity index (χ0n) is 10.1. The molecule has 0 N–H and O–H groups in total. The van der Waals surface area contributed by atoms with E-state index in [1.807, 2.05) is 12.1 Å². The average Bonchev–Trinajstić information content (AvgIpc) is 2.30. The van der Waals surface area contributed by atoms with Gasteiger partial charge in [-0.2, -0.15) is 10.5 Å². The fraction of sp³-hybridized carbons (Fsp3) is 0.800. The van der Waals surface area contributed by atoms with Crippen LogP contribution >= 0.6 is 7.60 Å². The second kappa shape index (κ2) is 9.15. The molecule has 17 heavy (non-hydrogen) atoms. The number of hydrogen-bond acceptors (Lipinski definition) is 6. The van der Waals surface area contributed by atoms with Gasteiger partial charge in [0.25, 0.3) is 0 Å². The van der Waals surface area contributed by atoms with E-state index in [0.29, 0.717) is 6.61 Å². The van der Waals surface area contributed by atoms with Gasteiger partial charge in [-0.3, -0.25) is 4.57 Å². The van der Waals surface area contributed by atoms with Crippen molar-refractivity contribution in [1.29, 1.82) is 10.5 Å². The summed E-state index contributed by atoms with van der Waals surface area (Å²) in [5, 5.41) is 16.8. The van der Waals surface area contributed by atoms with Crippen molar-refractivity contribution in [2.24, 2.45) is 0 Å². The Hall–Kier alpha value is -0.910. The average molecular weight is 260 g/mol. The van der Waals surface area contributed by atoms with Gasteiger partial charge >= 0.3 is 7.60 Å². The van der Waals surface area contributed by atoms with Gasteiger partial charge in [-0.15, -0.1) is 0 Å². The number of ether oxygens (including phenoxy) is 1. The summed E-state index contributed by atoms with van der Waals surface area (Å²) in [6.07, 6.45) is 0.259. The van der Waals surface area contributed by atoms with Crippen LogP contribution < -0.4 is 0 Å². The molecular weight excluding hydrogens is 243 g/mol. The monoisotopic (exact) mass is 260 g/mol. The van der Waals surface area contributed by atoms with Gasteiger partial charge in [-0.1, -0.05) is 0 Å². The zero-order valence-corrected chi connectivity index (χ0v) is 11.0. The van der Waals surface area contributed by atoms with Gasteiger partial charge in [0, 0.05) is 6.61 Å². The Morgan fingerprint density at radius 3 is 2.00 bits per heavy atom. The first-order valence-corrected chi connectivity index (χ1v) is 6.96. The Morgan fingerprint density at radius 1 is 1.18 bits per heavy atom. The molecule has 0 aromatic heterocycles. The predicted octanol–water partition coefficient (Wildman–Crippen LogP) is 2.42. The second-order valence-corrected chi connectivity index (χ2v) is 5.40. The standard InChI is InChI=1S/C10H17N2O4P/c1-3-14-10(2)17(13,15-8-4-6-11)16-9-5-7-12/h10H,3-5,8-9H2,1-2H3. The quantitative estimate of drug-likeness (QED) is 0.467. The van der Waals surface area contributed by atoms with Crippen LogP contribution in [0.1, 0.15) is 26.7 Å². The van der Waals surface area contributed by atoms with Crippen molar-refractivity contribution in [2.75, 3.05) is 19.8 Å². The predicted molar refractivity (Wildman–Crippen MR) is 61.1 cm³/mol. The first-order chi connectivity index (χ1) is 8.10. The van der Waals surface area contributed by atoms with Crippen LogP contribution in [-0.4, -0.2) is 25.7 Å². The maximum absolute atomic E-state index is 12.3. The van der Waals surface area contributed by atoms with Crippen LogP contribution in [0.25, 0.3) is 0 Å². The molecule has 96 valence electrons. The van der Waals surface area contributed by atoms with Gasteiger partial charge in [0.15, 0.2) is 5.85 Å². The van der Waals surface area contributed by atoms with Crippen LogP contribution in [0, 0.1) is 22.7 Å². The third-order valence-corrected chi connectivity index (χ3v) is 3.95. The fourth-order valence-electron chi connectivity index (χ4n) is 1.02. The number of nitrogens with zero attached hydrogens (tertiary/aromatic N) is 2. The van der Waals surface area contributed by atoms with Gasteiger partial charge in [-0.05, 0) is 13.8 Å². The lowest BCUT2D eigenvalue weighted by Crippen LogP contribution is -2.14. The van der Waals surface area contributed by atoms with E-state index < -0.39 is 13.4 Å². The molecule has 6 nitrogen and oxygen atoms in total. The summed E-state index contributed by atoms with van der Waals surface area (Å²) in [6.45, 7) is 3.79. The van der Waals surface area contributed by atoms with E-state index >= 15 is 0 Å². The lowest BCUT2D eigenvalue weighted by molar-refractivity contribution is 0.0867. The summed E-state index contributed by atoms with van der Waals surface area (Å²) in [6, 6.07) is 3.77. The van der Waals surface area contributed by atoms with Crippen molar-refractivity contribution in [3.8, 4) is 12.1 Å². The summed E-state index contributed by atoms with van der Waals surface area (Å²) < 4.78 is 27.7. The van der Waals surface area contributed by atoms with E-state index in [-0.39, 0.29) is 26.1 Å². The molecule has 0 saturated heterocycles. The second-order valence-electron chi connectivity index (χ2n) is 3.08. The molecule has 0 aromatic carbocycles. The van der Waals surface area contributed by atoms with Crippen molar-refractivity contribution < 1.29 is 18.3 Å². The molecule has 1 atom stereocenters. The van der Waals surface area contributed by atoms with Crippen molar-refractivity contribution in [3.05, 3.63) is 0 Å². The SMILES string of the molecule is CCOC(C)P(=O)(OCCC#N)OCCC#N. The van der Waals surface area contributed by atoms with Crippen LogP contribution in [0.5, 0.6) is 0 Å². The molecule has 7 heteroatoms. The maximum Gasteiger partial charge on any atom is 0.358 e. The van der Waals surface area contributed by atoms with Crippen LogP contribution in [0.2, 0.25) is 0 Å². The van der Waals surface area contributed by atoms with E-state index in [9.17, 15) is 4.57 Å². The molecule has 1 unspecified atom stereocenters. The molecule has 0 bridgehead atoms. The molecule has 0 aliphatic carbocycles. The normalized spacial score (nSPS) is 12.7. The first-order valence-electron chi connectivity index (χ1n) is 5.35. The highest BCUT2D eigenvalue weighted by molar-refractivity contribution is 7.54. The maximum atomic E-state index is 12.3. The van der Waals surface area contributed by atoms with Crippen LogP contribution in [0.3, 0.4) is 0 Å². The smallest absolute Gasteiger partial charge is 0.358 e. The van der Waals surface area contributed by atoms with E-state index in [4.69, 9.17) is 24.3 Å². The number of hydrogen-bond donors (Lipinski definition) is 0. The fourth-order valence-corrected chi connectivity index (χ4v) is 2.53. The molecule has 0 radical (unpaired) electrons. The highest BCUT2D eigenvalue weighted by Gasteiger charge is 2.33. The molecule has 0 saturated carbocycles. The summed E-state index contributed by atoms with van der Waals surface area (Å²) in [5.41, 5.74) is 0. The molecule has 0 rings (SSSR count). The van der Waals surface area contributed by atoms with Gasteiger partial charge in [0.1, 0.15) is 0 Å². The highest BCUT2D eigenvalue weighted by atomic mass is 31.2.